The zero-order valence-corrected chi connectivity index (χ0v) is 8.28. The van der Waals surface area contributed by atoms with E-state index in [0.29, 0.717) is 11.1 Å². The van der Waals surface area contributed by atoms with Crippen molar-refractivity contribution in [1.82, 2.24) is 4.98 Å². The minimum Gasteiger partial charge on any atom is -0.369 e. The molecule has 1 aromatic heterocycles. The molecule has 0 aromatic carbocycles. The van der Waals surface area contributed by atoms with Crippen molar-refractivity contribution >= 4 is 11.7 Å². The number of carbonyl (C=O) groups excluding carboxylic acids is 2. The van der Waals surface area contributed by atoms with Gasteiger partial charge in [0, 0.05) is 23.5 Å². The Morgan fingerprint density at radius 3 is 2.80 bits per heavy atom. The first-order valence-electron chi connectivity index (χ1n) is 4.33. The first kappa shape index (κ1) is 10.9. The van der Waals surface area contributed by atoms with Crippen molar-refractivity contribution in [2.24, 2.45) is 5.73 Å². The van der Waals surface area contributed by atoms with E-state index < -0.39 is 5.91 Å². The summed E-state index contributed by atoms with van der Waals surface area (Å²) in [5.74, 6) is 4.75. The standard InChI is InChI=1S/C11H10N2O2/c1-8(14)10-5-9(6-13-7-10)3-2-4-11(12)15/h5-7H,4H2,1H3,(H2,12,15). The summed E-state index contributed by atoms with van der Waals surface area (Å²) >= 11 is 0. The lowest BCUT2D eigenvalue weighted by Crippen LogP contribution is -2.08. The van der Waals surface area contributed by atoms with Crippen LogP contribution in [0.15, 0.2) is 18.5 Å². The molecule has 76 valence electrons. The maximum Gasteiger partial charge on any atom is 0.229 e. The van der Waals surface area contributed by atoms with E-state index in [-0.39, 0.29) is 12.2 Å². The zero-order chi connectivity index (χ0) is 11.3. The molecule has 4 heteroatoms. The van der Waals surface area contributed by atoms with Gasteiger partial charge in [0.2, 0.25) is 5.91 Å². The minimum absolute atomic E-state index is 0.00426. The number of nitrogens with zero attached hydrogens (tertiary/aromatic N) is 1. The highest BCUT2D eigenvalue weighted by atomic mass is 16.1. The van der Waals surface area contributed by atoms with Crippen molar-refractivity contribution in [3.63, 3.8) is 0 Å². The molecule has 0 fully saturated rings. The molecule has 0 radical (unpaired) electrons. The van der Waals surface area contributed by atoms with Crippen molar-refractivity contribution in [3.05, 3.63) is 29.6 Å². The molecule has 0 aliphatic carbocycles. The molecule has 4 nitrogen and oxygen atoms in total. The molecule has 0 saturated heterocycles. The highest BCUT2D eigenvalue weighted by Crippen LogP contribution is 2.01. The molecule has 0 bridgehead atoms. The van der Waals surface area contributed by atoms with Gasteiger partial charge in [0.1, 0.15) is 0 Å². The van der Waals surface area contributed by atoms with Gasteiger partial charge in [-0.3, -0.25) is 14.6 Å². The third kappa shape index (κ3) is 3.61. The van der Waals surface area contributed by atoms with E-state index in [9.17, 15) is 9.59 Å². The van der Waals surface area contributed by atoms with Crippen molar-refractivity contribution in [2.45, 2.75) is 13.3 Å². The van der Waals surface area contributed by atoms with Crippen molar-refractivity contribution in [2.75, 3.05) is 0 Å². The molecular formula is C11H10N2O2. The fourth-order valence-electron chi connectivity index (χ4n) is 0.934. The van der Waals surface area contributed by atoms with Crippen LogP contribution in [0.5, 0.6) is 0 Å². The number of pyridine rings is 1. The molecule has 0 unspecified atom stereocenters. The van der Waals surface area contributed by atoms with E-state index >= 15 is 0 Å². The van der Waals surface area contributed by atoms with Gasteiger partial charge >= 0.3 is 0 Å². The van der Waals surface area contributed by atoms with Crippen molar-refractivity contribution < 1.29 is 9.59 Å². The van der Waals surface area contributed by atoms with E-state index in [1.54, 1.807) is 6.07 Å². The molecule has 0 atom stereocenters. The number of nitrogens with two attached hydrogens (primary N) is 1. The largest absolute Gasteiger partial charge is 0.369 e. The summed E-state index contributed by atoms with van der Waals surface area (Å²) < 4.78 is 0. The summed E-state index contributed by atoms with van der Waals surface area (Å²) in [6.45, 7) is 1.46. The van der Waals surface area contributed by atoms with Crippen LogP contribution in [0.25, 0.3) is 0 Å². The minimum atomic E-state index is -0.474. The third-order valence-corrected chi connectivity index (χ3v) is 1.64. The number of hydrogen-bond acceptors (Lipinski definition) is 3. The van der Waals surface area contributed by atoms with Crippen LogP contribution in [0.1, 0.15) is 29.3 Å². The van der Waals surface area contributed by atoms with Gasteiger partial charge in [-0.15, -0.1) is 0 Å². The zero-order valence-electron chi connectivity index (χ0n) is 8.28. The SMILES string of the molecule is CC(=O)c1cncc(C#CCC(N)=O)c1. The maximum absolute atomic E-state index is 11.0. The predicted molar refractivity (Wildman–Crippen MR) is 54.9 cm³/mol. The van der Waals surface area contributed by atoms with Gasteiger partial charge in [0.05, 0.1) is 6.42 Å². The van der Waals surface area contributed by atoms with E-state index in [0.717, 1.165) is 0 Å². The number of carbonyl (C=O) groups is 2. The van der Waals surface area contributed by atoms with Crippen molar-refractivity contribution in [1.29, 1.82) is 0 Å². The highest BCUT2D eigenvalue weighted by molar-refractivity contribution is 5.94. The van der Waals surface area contributed by atoms with Crippen LogP contribution in [0.2, 0.25) is 0 Å². The molecule has 0 aliphatic heterocycles. The lowest BCUT2D eigenvalue weighted by molar-refractivity contribution is -0.117. The van der Waals surface area contributed by atoms with Gasteiger partial charge in [-0.25, -0.2) is 0 Å². The first-order valence-corrected chi connectivity index (χ1v) is 4.33. The molecule has 15 heavy (non-hydrogen) atoms. The molecule has 1 amide bonds. The Bertz CT molecular complexity index is 455. The molecule has 0 aliphatic rings. The van der Waals surface area contributed by atoms with Gasteiger partial charge in [-0.05, 0) is 13.0 Å². The van der Waals surface area contributed by atoms with Crippen LogP contribution >= 0.6 is 0 Å². The number of primary amides is 1. The summed E-state index contributed by atoms with van der Waals surface area (Å²) in [5, 5.41) is 0. The first-order chi connectivity index (χ1) is 7.09. The van der Waals surface area contributed by atoms with Crippen LogP contribution < -0.4 is 5.73 Å². The second-order valence-corrected chi connectivity index (χ2v) is 2.96. The summed E-state index contributed by atoms with van der Waals surface area (Å²) in [4.78, 5) is 25.3. The van der Waals surface area contributed by atoms with E-state index in [1.165, 1.54) is 19.3 Å². The Labute approximate surface area is 87.5 Å². The van der Waals surface area contributed by atoms with Crippen LogP contribution in [-0.4, -0.2) is 16.7 Å². The number of aromatic nitrogens is 1. The summed E-state index contributed by atoms with van der Waals surface area (Å²) in [6.07, 6.45) is 3.01. The lowest BCUT2D eigenvalue weighted by Gasteiger charge is -1.94. The fraction of sp³-hybridized carbons (Fsp3) is 0.182. The monoisotopic (exact) mass is 202 g/mol. The van der Waals surface area contributed by atoms with Crippen LogP contribution in [0, 0.1) is 11.8 Å². The molecule has 1 heterocycles. The number of rotatable bonds is 2. The predicted octanol–water partition coefficient (Wildman–Crippen LogP) is 0.511. The lowest BCUT2D eigenvalue weighted by atomic mass is 10.1. The van der Waals surface area contributed by atoms with Gasteiger partial charge in [0.15, 0.2) is 5.78 Å². The molecule has 0 saturated carbocycles. The number of Topliss-reactive ketones (excluding diaryl/α,β-unsaturated/α-hetero) is 1. The third-order valence-electron chi connectivity index (χ3n) is 1.64. The van der Waals surface area contributed by atoms with Crippen LogP contribution in [0.4, 0.5) is 0 Å². The van der Waals surface area contributed by atoms with E-state index in [1.807, 2.05) is 0 Å². The second-order valence-electron chi connectivity index (χ2n) is 2.96. The van der Waals surface area contributed by atoms with E-state index in [4.69, 9.17) is 5.73 Å². The molecule has 1 rings (SSSR count). The Morgan fingerprint density at radius 2 is 2.20 bits per heavy atom. The summed E-state index contributed by atoms with van der Waals surface area (Å²) in [5.41, 5.74) is 6.03. The normalized spacial score (nSPS) is 8.87. The van der Waals surface area contributed by atoms with Gasteiger partial charge in [0.25, 0.3) is 0 Å². The van der Waals surface area contributed by atoms with Crippen LogP contribution in [0.3, 0.4) is 0 Å². The topological polar surface area (TPSA) is 73.1 Å². The Hall–Kier alpha value is -2.15. The number of amides is 1. The molecular weight excluding hydrogens is 192 g/mol. The number of ketones is 1. The smallest absolute Gasteiger partial charge is 0.229 e. The quantitative estimate of drug-likeness (QED) is 0.561. The Morgan fingerprint density at radius 1 is 1.47 bits per heavy atom. The second kappa shape index (κ2) is 4.91. The summed E-state index contributed by atoms with van der Waals surface area (Å²) in [6, 6.07) is 1.63. The highest BCUT2D eigenvalue weighted by Gasteiger charge is 1.99. The van der Waals surface area contributed by atoms with Crippen molar-refractivity contribution in [3.8, 4) is 11.8 Å². The average molecular weight is 202 g/mol. The molecule has 0 spiro atoms. The number of hydrogen-bond donors (Lipinski definition) is 1. The average Bonchev–Trinajstić information content (AvgIpc) is 2.17. The molecule has 2 N–H and O–H groups in total. The Balaban J connectivity index is 2.85. The summed E-state index contributed by atoms with van der Waals surface area (Å²) in [7, 11) is 0. The van der Waals surface area contributed by atoms with Gasteiger partial charge < -0.3 is 5.73 Å². The maximum atomic E-state index is 11.0. The Kier molecular flexibility index (Phi) is 3.58. The van der Waals surface area contributed by atoms with E-state index in [2.05, 4.69) is 16.8 Å². The molecule has 1 aromatic rings. The van der Waals surface area contributed by atoms with Gasteiger partial charge in [-0.1, -0.05) is 11.8 Å². The fourth-order valence-corrected chi connectivity index (χ4v) is 0.934. The van der Waals surface area contributed by atoms with Crippen LogP contribution in [-0.2, 0) is 4.79 Å². The van der Waals surface area contributed by atoms with Gasteiger partial charge in [-0.2, -0.15) is 0 Å².